The van der Waals surface area contributed by atoms with Gasteiger partial charge in [-0.15, -0.1) is 0 Å². The van der Waals surface area contributed by atoms with Gasteiger partial charge in [-0.2, -0.15) is 0 Å². The van der Waals surface area contributed by atoms with Crippen LogP contribution in [0.2, 0.25) is 0 Å². The van der Waals surface area contributed by atoms with E-state index < -0.39 is 0 Å². The third-order valence-electron chi connectivity index (χ3n) is 3.24. The normalized spacial score (nSPS) is 15.0. The highest BCUT2D eigenvalue weighted by Crippen LogP contribution is 2.25. The molecule has 1 saturated heterocycles. The van der Waals surface area contributed by atoms with Crippen LogP contribution in [0, 0.1) is 0 Å². The maximum absolute atomic E-state index is 12.2. The molecule has 0 spiro atoms. The average molecular weight is 284 g/mol. The van der Waals surface area contributed by atoms with E-state index in [0.29, 0.717) is 30.2 Å². The maximum Gasteiger partial charge on any atom is 0.257 e. The van der Waals surface area contributed by atoms with Gasteiger partial charge in [-0.25, -0.2) is 0 Å². The minimum absolute atomic E-state index is 0.237. The highest BCUT2D eigenvalue weighted by atomic mass is 16.7. The number of carbonyl (C=O) groups is 1. The molecule has 0 unspecified atom stereocenters. The number of carbonyl (C=O) groups excluding carboxylic acids is 1. The molecule has 0 aromatic heterocycles. The van der Waals surface area contributed by atoms with Crippen molar-refractivity contribution in [3.63, 3.8) is 0 Å². The fraction of sp³-hybridized carbons (Fsp3) is 0.188. The van der Waals surface area contributed by atoms with Crippen molar-refractivity contribution in [3.05, 3.63) is 59.7 Å². The summed E-state index contributed by atoms with van der Waals surface area (Å²) in [7, 11) is 0. The largest absolute Gasteiger partial charge is 0.398 e. The molecule has 3 rings (SSSR count). The molecule has 0 radical (unpaired) electrons. The molecule has 1 amide bonds. The molecule has 5 heteroatoms. The Morgan fingerprint density at radius 3 is 2.62 bits per heavy atom. The van der Waals surface area contributed by atoms with E-state index in [4.69, 9.17) is 15.2 Å². The fourth-order valence-corrected chi connectivity index (χ4v) is 2.22. The number of para-hydroxylation sites is 1. The van der Waals surface area contributed by atoms with Crippen LogP contribution in [0.5, 0.6) is 0 Å². The number of hydrogen-bond acceptors (Lipinski definition) is 4. The van der Waals surface area contributed by atoms with Gasteiger partial charge in [0.25, 0.3) is 5.91 Å². The number of nitrogens with one attached hydrogen (secondary N) is 1. The van der Waals surface area contributed by atoms with E-state index in [1.807, 2.05) is 24.3 Å². The quantitative estimate of drug-likeness (QED) is 0.850. The Hall–Kier alpha value is -2.37. The maximum atomic E-state index is 12.2. The summed E-state index contributed by atoms with van der Waals surface area (Å²) in [6, 6.07) is 14.4. The van der Waals surface area contributed by atoms with Crippen LogP contribution in [0.15, 0.2) is 48.5 Å². The predicted molar refractivity (Wildman–Crippen MR) is 79.9 cm³/mol. The molecule has 5 nitrogen and oxygen atoms in total. The average Bonchev–Trinajstić information content (AvgIpc) is 3.02. The van der Waals surface area contributed by atoms with Gasteiger partial charge in [-0.3, -0.25) is 4.79 Å². The molecule has 0 bridgehead atoms. The molecular formula is C16H16N2O3. The molecule has 1 fully saturated rings. The van der Waals surface area contributed by atoms with E-state index in [-0.39, 0.29) is 12.2 Å². The van der Waals surface area contributed by atoms with Gasteiger partial charge in [0, 0.05) is 16.9 Å². The lowest BCUT2D eigenvalue weighted by atomic mass is 10.1. The van der Waals surface area contributed by atoms with Gasteiger partial charge < -0.3 is 20.5 Å². The Labute approximate surface area is 122 Å². The van der Waals surface area contributed by atoms with Crippen LogP contribution in [0.3, 0.4) is 0 Å². The van der Waals surface area contributed by atoms with Crippen LogP contribution >= 0.6 is 0 Å². The first kappa shape index (κ1) is 13.6. The highest BCUT2D eigenvalue weighted by Gasteiger charge is 2.18. The van der Waals surface area contributed by atoms with Crippen LogP contribution in [0.4, 0.5) is 11.4 Å². The topological polar surface area (TPSA) is 73.6 Å². The van der Waals surface area contributed by atoms with E-state index in [1.54, 1.807) is 24.3 Å². The van der Waals surface area contributed by atoms with Crippen molar-refractivity contribution in [3.8, 4) is 0 Å². The zero-order valence-electron chi connectivity index (χ0n) is 11.4. The Balaban J connectivity index is 1.77. The van der Waals surface area contributed by atoms with Gasteiger partial charge in [0.1, 0.15) is 0 Å². The molecule has 0 aliphatic carbocycles. The number of rotatable bonds is 3. The number of nitrogens with two attached hydrogens (primary N) is 1. The van der Waals surface area contributed by atoms with Crippen molar-refractivity contribution in [2.24, 2.45) is 0 Å². The Kier molecular flexibility index (Phi) is 3.85. The third kappa shape index (κ3) is 3.04. The summed E-state index contributed by atoms with van der Waals surface area (Å²) in [6.45, 7) is 1.17. The highest BCUT2D eigenvalue weighted by molar-refractivity contribution is 6.07. The second-order valence-corrected chi connectivity index (χ2v) is 4.74. The van der Waals surface area contributed by atoms with Gasteiger partial charge in [-0.05, 0) is 24.3 Å². The van der Waals surface area contributed by atoms with Crippen molar-refractivity contribution >= 4 is 17.3 Å². The molecule has 3 N–H and O–H groups in total. The van der Waals surface area contributed by atoms with E-state index in [9.17, 15) is 4.79 Å². The van der Waals surface area contributed by atoms with E-state index in [0.717, 1.165) is 5.56 Å². The molecule has 1 heterocycles. The number of nitrogen functional groups attached to an aromatic ring is 1. The molecule has 0 saturated carbocycles. The fourth-order valence-electron chi connectivity index (χ4n) is 2.22. The monoisotopic (exact) mass is 284 g/mol. The first-order chi connectivity index (χ1) is 10.2. The van der Waals surface area contributed by atoms with Crippen molar-refractivity contribution < 1.29 is 14.3 Å². The lowest BCUT2D eigenvalue weighted by Crippen LogP contribution is -2.14. The summed E-state index contributed by atoms with van der Waals surface area (Å²) in [5.41, 5.74) is 8.27. The van der Waals surface area contributed by atoms with E-state index in [2.05, 4.69) is 5.32 Å². The molecule has 1 aliphatic heterocycles. The van der Waals surface area contributed by atoms with Crippen molar-refractivity contribution in [1.29, 1.82) is 0 Å². The van der Waals surface area contributed by atoms with Crippen LogP contribution in [-0.2, 0) is 9.47 Å². The first-order valence-electron chi connectivity index (χ1n) is 6.73. The molecule has 2 aromatic carbocycles. The third-order valence-corrected chi connectivity index (χ3v) is 3.24. The van der Waals surface area contributed by atoms with Crippen molar-refractivity contribution in [1.82, 2.24) is 0 Å². The number of hydrogen-bond donors (Lipinski definition) is 2. The number of amides is 1. The van der Waals surface area contributed by atoms with Gasteiger partial charge in [0.15, 0.2) is 6.29 Å². The molecule has 21 heavy (non-hydrogen) atoms. The second-order valence-electron chi connectivity index (χ2n) is 4.74. The molecule has 0 atom stereocenters. The van der Waals surface area contributed by atoms with E-state index in [1.165, 1.54) is 0 Å². The Morgan fingerprint density at radius 1 is 1.10 bits per heavy atom. The summed E-state index contributed by atoms with van der Waals surface area (Å²) in [5, 5.41) is 2.83. The van der Waals surface area contributed by atoms with Crippen LogP contribution < -0.4 is 11.1 Å². The van der Waals surface area contributed by atoms with Gasteiger partial charge in [0.2, 0.25) is 0 Å². The molecular weight excluding hydrogens is 268 g/mol. The van der Waals surface area contributed by atoms with Crippen LogP contribution in [0.1, 0.15) is 22.2 Å². The lowest BCUT2D eigenvalue weighted by molar-refractivity contribution is -0.0440. The summed E-state index contributed by atoms with van der Waals surface area (Å²) in [5.74, 6) is -0.237. The van der Waals surface area contributed by atoms with Crippen LogP contribution in [-0.4, -0.2) is 19.1 Å². The van der Waals surface area contributed by atoms with Crippen molar-refractivity contribution in [2.45, 2.75) is 6.29 Å². The minimum atomic E-state index is -0.358. The van der Waals surface area contributed by atoms with Gasteiger partial charge in [0.05, 0.1) is 18.8 Å². The number of anilines is 2. The first-order valence-corrected chi connectivity index (χ1v) is 6.73. The van der Waals surface area contributed by atoms with Crippen LogP contribution in [0.25, 0.3) is 0 Å². The summed E-state index contributed by atoms with van der Waals surface area (Å²) >= 11 is 0. The van der Waals surface area contributed by atoms with E-state index >= 15 is 0 Å². The second kappa shape index (κ2) is 5.95. The minimum Gasteiger partial charge on any atom is -0.398 e. The zero-order valence-corrected chi connectivity index (χ0v) is 11.4. The predicted octanol–water partition coefficient (Wildman–Crippen LogP) is 2.57. The Morgan fingerprint density at radius 2 is 1.86 bits per heavy atom. The van der Waals surface area contributed by atoms with Gasteiger partial charge in [-0.1, -0.05) is 24.3 Å². The molecule has 1 aliphatic rings. The number of benzene rings is 2. The van der Waals surface area contributed by atoms with Crippen molar-refractivity contribution in [2.75, 3.05) is 24.3 Å². The smallest absolute Gasteiger partial charge is 0.257 e. The Bertz CT molecular complexity index is 651. The summed E-state index contributed by atoms with van der Waals surface area (Å²) < 4.78 is 10.9. The van der Waals surface area contributed by atoms with Gasteiger partial charge >= 0.3 is 0 Å². The molecule has 108 valence electrons. The SMILES string of the molecule is Nc1ccccc1C(=O)Nc1cccc(C2OCCO2)c1. The number of ether oxygens (including phenoxy) is 2. The molecule has 2 aromatic rings. The standard InChI is InChI=1S/C16H16N2O3/c17-14-7-2-1-6-13(14)15(19)18-12-5-3-4-11(10-12)16-20-8-9-21-16/h1-7,10,16H,8-9,17H2,(H,18,19). The summed E-state index contributed by atoms with van der Waals surface area (Å²) in [6.07, 6.45) is -0.358. The summed E-state index contributed by atoms with van der Waals surface area (Å²) in [4.78, 5) is 12.2. The zero-order chi connectivity index (χ0) is 14.7. The lowest BCUT2D eigenvalue weighted by Gasteiger charge is -2.12.